The summed E-state index contributed by atoms with van der Waals surface area (Å²) in [6.07, 6.45) is 3.25. The standard InChI is InChI=1S/C19H22N2O4/c1-14-11-15(2)13-17(12-14)24-9-5-18(22)25-10-8-21-19(23)16-3-6-20-7-4-16/h3-4,6-7,11-13H,5,8-10H2,1-2H3,(H,21,23). The second-order valence-corrected chi connectivity index (χ2v) is 5.63. The van der Waals surface area contributed by atoms with Crippen LogP contribution in [0, 0.1) is 13.8 Å². The molecule has 0 bridgehead atoms. The fourth-order valence-electron chi connectivity index (χ4n) is 2.28. The molecule has 0 aliphatic rings. The van der Waals surface area contributed by atoms with E-state index in [2.05, 4.69) is 16.4 Å². The van der Waals surface area contributed by atoms with Gasteiger partial charge in [0.25, 0.3) is 5.91 Å². The minimum atomic E-state index is -0.359. The Balaban J connectivity index is 1.60. The van der Waals surface area contributed by atoms with Gasteiger partial charge in [-0.15, -0.1) is 0 Å². The van der Waals surface area contributed by atoms with Crippen LogP contribution in [0.4, 0.5) is 0 Å². The highest BCUT2D eigenvalue weighted by molar-refractivity contribution is 5.93. The number of esters is 1. The largest absolute Gasteiger partial charge is 0.493 e. The molecule has 1 aromatic carbocycles. The van der Waals surface area contributed by atoms with Gasteiger partial charge in [0.2, 0.25) is 0 Å². The zero-order valence-electron chi connectivity index (χ0n) is 14.5. The molecule has 25 heavy (non-hydrogen) atoms. The zero-order chi connectivity index (χ0) is 18.1. The van der Waals surface area contributed by atoms with Crippen molar-refractivity contribution >= 4 is 11.9 Å². The first-order chi connectivity index (χ1) is 12.0. The van der Waals surface area contributed by atoms with Gasteiger partial charge in [-0.1, -0.05) is 6.07 Å². The third-order valence-electron chi connectivity index (χ3n) is 3.36. The third-order valence-corrected chi connectivity index (χ3v) is 3.36. The highest BCUT2D eigenvalue weighted by Gasteiger charge is 2.06. The number of nitrogens with one attached hydrogen (secondary N) is 1. The maximum Gasteiger partial charge on any atom is 0.309 e. The van der Waals surface area contributed by atoms with Gasteiger partial charge in [0.05, 0.1) is 19.6 Å². The van der Waals surface area contributed by atoms with Crippen LogP contribution >= 0.6 is 0 Å². The summed E-state index contributed by atoms with van der Waals surface area (Å²) in [6.45, 7) is 4.62. The van der Waals surface area contributed by atoms with Crippen LogP contribution < -0.4 is 10.1 Å². The molecule has 2 rings (SSSR count). The molecule has 0 unspecified atom stereocenters. The zero-order valence-corrected chi connectivity index (χ0v) is 14.5. The predicted molar refractivity (Wildman–Crippen MR) is 93.6 cm³/mol. The summed E-state index contributed by atoms with van der Waals surface area (Å²) in [5.74, 6) is 0.161. The summed E-state index contributed by atoms with van der Waals surface area (Å²) < 4.78 is 10.6. The van der Waals surface area contributed by atoms with E-state index in [1.807, 2.05) is 26.0 Å². The number of hydrogen-bond donors (Lipinski definition) is 1. The Bertz CT molecular complexity index is 696. The summed E-state index contributed by atoms with van der Waals surface area (Å²) >= 11 is 0. The van der Waals surface area contributed by atoms with Crippen molar-refractivity contribution in [1.82, 2.24) is 10.3 Å². The summed E-state index contributed by atoms with van der Waals surface area (Å²) in [6, 6.07) is 9.14. The van der Waals surface area contributed by atoms with Crippen LogP contribution in [0.15, 0.2) is 42.7 Å². The molecule has 6 heteroatoms. The summed E-state index contributed by atoms with van der Waals surface area (Å²) in [5, 5.41) is 2.67. The lowest BCUT2D eigenvalue weighted by Gasteiger charge is -2.09. The van der Waals surface area contributed by atoms with Crippen LogP contribution in [-0.4, -0.2) is 36.6 Å². The van der Waals surface area contributed by atoms with Crippen molar-refractivity contribution < 1.29 is 19.1 Å². The fraction of sp³-hybridized carbons (Fsp3) is 0.316. The van der Waals surface area contributed by atoms with E-state index in [4.69, 9.17) is 9.47 Å². The molecule has 0 spiro atoms. The van der Waals surface area contributed by atoms with Crippen molar-refractivity contribution in [2.45, 2.75) is 20.3 Å². The van der Waals surface area contributed by atoms with Crippen LogP contribution in [0.2, 0.25) is 0 Å². The molecule has 1 amide bonds. The number of carbonyl (C=O) groups is 2. The lowest BCUT2D eigenvalue weighted by atomic mass is 10.1. The van der Waals surface area contributed by atoms with E-state index in [1.165, 1.54) is 0 Å². The van der Waals surface area contributed by atoms with Crippen molar-refractivity contribution in [2.24, 2.45) is 0 Å². The Morgan fingerprint density at radius 3 is 2.40 bits per heavy atom. The van der Waals surface area contributed by atoms with Crippen molar-refractivity contribution in [3.63, 3.8) is 0 Å². The monoisotopic (exact) mass is 342 g/mol. The number of rotatable bonds is 8. The van der Waals surface area contributed by atoms with Gasteiger partial charge in [-0.2, -0.15) is 0 Å². The normalized spacial score (nSPS) is 10.2. The Hall–Kier alpha value is -2.89. The number of aryl methyl sites for hydroxylation is 2. The molecule has 0 atom stereocenters. The van der Waals surface area contributed by atoms with Gasteiger partial charge in [0.1, 0.15) is 12.4 Å². The van der Waals surface area contributed by atoms with Crippen LogP contribution in [0.5, 0.6) is 5.75 Å². The average Bonchev–Trinajstić information content (AvgIpc) is 2.58. The maximum absolute atomic E-state index is 11.8. The molecule has 1 N–H and O–H groups in total. The SMILES string of the molecule is Cc1cc(C)cc(OCCC(=O)OCCNC(=O)c2ccncc2)c1. The van der Waals surface area contributed by atoms with Crippen molar-refractivity contribution in [3.05, 3.63) is 59.4 Å². The van der Waals surface area contributed by atoms with E-state index >= 15 is 0 Å². The Labute approximate surface area is 147 Å². The van der Waals surface area contributed by atoms with Gasteiger partial charge in [-0.3, -0.25) is 14.6 Å². The first-order valence-corrected chi connectivity index (χ1v) is 8.09. The third kappa shape index (κ3) is 6.63. The molecule has 0 saturated carbocycles. The number of hydrogen-bond acceptors (Lipinski definition) is 5. The van der Waals surface area contributed by atoms with Gasteiger partial charge in [0, 0.05) is 18.0 Å². The summed E-state index contributed by atoms with van der Waals surface area (Å²) in [4.78, 5) is 27.3. The topological polar surface area (TPSA) is 77.5 Å². The minimum Gasteiger partial charge on any atom is -0.493 e. The molecule has 0 radical (unpaired) electrons. The lowest BCUT2D eigenvalue weighted by molar-refractivity contribution is -0.144. The molecule has 1 heterocycles. The molecule has 132 valence electrons. The van der Waals surface area contributed by atoms with E-state index in [0.29, 0.717) is 5.56 Å². The molecular formula is C19H22N2O4. The van der Waals surface area contributed by atoms with Crippen molar-refractivity contribution in [3.8, 4) is 5.75 Å². The van der Waals surface area contributed by atoms with E-state index in [0.717, 1.165) is 16.9 Å². The van der Waals surface area contributed by atoms with E-state index < -0.39 is 0 Å². The molecule has 6 nitrogen and oxygen atoms in total. The van der Waals surface area contributed by atoms with E-state index in [-0.39, 0.29) is 38.1 Å². The highest BCUT2D eigenvalue weighted by atomic mass is 16.5. The van der Waals surface area contributed by atoms with Gasteiger partial charge >= 0.3 is 5.97 Å². The molecule has 0 saturated heterocycles. The number of aromatic nitrogens is 1. The van der Waals surface area contributed by atoms with Gasteiger partial charge in [-0.25, -0.2) is 0 Å². The van der Waals surface area contributed by atoms with Gasteiger partial charge in [0.15, 0.2) is 0 Å². The number of pyridine rings is 1. The van der Waals surface area contributed by atoms with Gasteiger partial charge in [-0.05, 0) is 49.2 Å². The van der Waals surface area contributed by atoms with Gasteiger partial charge < -0.3 is 14.8 Å². The Kier molecular flexibility index (Phi) is 6.95. The number of amides is 1. The number of carbonyl (C=O) groups excluding carboxylic acids is 2. The molecular weight excluding hydrogens is 320 g/mol. The molecule has 1 aromatic heterocycles. The van der Waals surface area contributed by atoms with Crippen molar-refractivity contribution in [1.29, 1.82) is 0 Å². The fourth-order valence-corrected chi connectivity index (χ4v) is 2.28. The highest BCUT2D eigenvalue weighted by Crippen LogP contribution is 2.16. The smallest absolute Gasteiger partial charge is 0.309 e. The first kappa shape index (κ1) is 18.4. The molecule has 0 fully saturated rings. The summed E-state index contributed by atoms with van der Waals surface area (Å²) in [5.41, 5.74) is 2.74. The molecule has 2 aromatic rings. The quantitative estimate of drug-likeness (QED) is 0.589. The Morgan fingerprint density at radius 2 is 1.72 bits per heavy atom. The number of ether oxygens (including phenoxy) is 2. The lowest BCUT2D eigenvalue weighted by Crippen LogP contribution is -2.28. The number of benzene rings is 1. The van der Waals surface area contributed by atoms with Crippen LogP contribution in [0.1, 0.15) is 27.9 Å². The Morgan fingerprint density at radius 1 is 1.04 bits per heavy atom. The summed E-state index contributed by atoms with van der Waals surface area (Å²) in [7, 11) is 0. The first-order valence-electron chi connectivity index (χ1n) is 8.09. The minimum absolute atomic E-state index is 0.124. The van der Waals surface area contributed by atoms with E-state index in [9.17, 15) is 9.59 Å². The second-order valence-electron chi connectivity index (χ2n) is 5.63. The van der Waals surface area contributed by atoms with E-state index in [1.54, 1.807) is 24.5 Å². The number of nitrogens with zero attached hydrogens (tertiary/aromatic N) is 1. The molecule has 0 aliphatic carbocycles. The van der Waals surface area contributed by atoms with Crippen LogP contribution in [-0.2, 0) is 9.53 Å². The average molecular weight is 342 g/mol. The van der Waals surface area contributed by atoms with Crippen LogP contribution in [0.3, 0.4) is 0 Å². The maximum atomic E-state index is 11.8. The molecule has 0 aliphatic heterocycles. The predicted octanol–water partition coefficient (Wildman–Crippen LogP) is 2.44. The van der Waals surface area contributed by atoms with Crippen molar-refractivity contribution in [2.75, 3.05) is 19.8 Å². The second kappa shape index (κ2) is 9.42. The van der Waals surface area contributed by atoms with Crippen LogP contribution in [0.25, 0.3) is 0 Å².